The summed E-state index contributed by atoms with van der Waals surface area (Å²) in [7, 11) is 1.57. The Bertz CT molecular complexity index is 357. The van der Waals surface area contributed by atoms with Crippen LogP contribution in [0.3, 0.4) is 0 Å². The van der Waals surface area contributed by atoms with Crippen LogP contribution in [0, 0.1) is 11.3 Å². The van der Waals surface area contributed by atoms with E-state index in [2.05, 4.69) is 0 Å². The Balaban J connectivity index is 3.00. The zero-order valence-corrected chi connectivity index (χ0v) is 8.03. The van der Waals surface area contributed by atoms with Gasteiger partial charge in [0.05, 0.1) is 19.6 Å². The number of nitrogens with zero attached hydrogens (tertiary/aromatic N) is 1. The molecule has 0 amide bonds. The molecule has 0 unspecified atom stereocenters. The molecule has 0 aliphatic heterocycles. The van der Waals surface area contributed by atoms with Gasteiger partial charge in [-0.2, -0.15) is 5.26 Å². The monoisotopic (exact) mass is 191 g/mol. The summed E-state index contributed by atoms with van der Waals surface area (Å²) in [5.41, 5.74) is 12.8. The molecule has 0 spiro atoms. The summed E-state index contributed by atoms with van der Waals surface area (Å²) in [4.78, 5) is 0. The summed E-state index contributed by atoms with van der Waals surface area (Å²) in [6.07, 6.45) is 0.247. The highest BCUT2D eigenvalue weighted by atomic mass is 16.5. The van der Waals surface area contributed by atoms with E-state index >= 15 is 0 Å². The van der Waals surface area contributed by atoms with Crippen molar-refractivity contribution < 1.29 is 4.74 Å². The second-order valence-corrected chi connectivity index (χ2v) is 2.96. The third kappa shape index (κ3) is 2.15. The van der Waals surface area contributed by atoms with Crippen LogP contribution in [-0.4, -0.2) is 7.11 Å². The highest BCUT2D eigenvalue weighted by Crippen LogP contribution is 2.25. The number of hydrogen-bond acceptors (Lipinski definition) is 4. The molecule has 74 valence electrons. The SMILES string of the molecule is COc1ccc(N)c([C@@H](N)CC#N)c1. The van der Waals surface area contributed by atoms with Gasteiger partial charge in [0.25, 0.3) is 0 Å². The fourth-order valence-corrected chi connectivity index (χ4v) is 1.21. The van der Waals surface area contributed by atoms with Crippen molar-refractivity contribution in [2.24, 2.45) is 5.73 Å². The van der Waals surface area contributed by atoms with E-state index in [0.717, 1.165) is 5.56 Å². The number of methoxy groups -OCH3 is 1. The van der Waals surface area contributed by atoms with E-state index in [9.17, 15) is 0 Å². The van der Waals surface area contributed by atoms with E-state index in [-0.39, 0.29) is 12.5 Å². The second kappa shape index (κ2) is 4.49. The van der Waals surface area contributed by atoms with Crippen molar-refractivity contribution in [1.29, 1.82) is 5.26 Å². The Labute approximate surface area is 83.1 Å². The fraction of sp³-hybridized carbons (Fsp3) is 0.300. The molecule has 4 heteroatoms. The normalized spacial score (nSPS) is 11.8. The molecule has 1 atom stereocenters. The van der Waals surface area contributed by atoms with Gasteiger partial charge in [0.15, 0.2) is 0 Å². The third-order valence-corrected chi connectivity index (χ3v) is 2.00. The Kier molecular flexibility index (Phi) is 3.32. The van der Waals surface area contributed by atoms with Crippen LogP contribution in [0.15, 0.2) is 18.2 Å². The maximum absolute atomic E-state index is 8.51. The number of hydrogen-bond donors (Lipinski definition) is 2. The van der Waals surface area contributed by atoms with Gasteiger partial charge in [-0.3, -0.25) is 0 Å². The van der Waals surface area contributed by atoms with Crippen LogP contribution in [0.4, 0.5) is 5.69 Å². The van der Waals surface area contributed by atoms with Crippen LogP contribution in [0.2, 0.25) is 0 Å². The van der Waals surface area contributed by atoms with Crippen molar-refractivity contribution in [3.63, 3.8) is 0 Å². The molecule has 0 saturated heterocycles. The molecule has 0 bridgehead atoms. The van der Waals surface area contributed by atoms with E-state index in [1.54, 1.807) is 25.3 Å². The fourth-order valence-electron chi connectivity index (χ4n) is 1.21. The van der Waals surface area contributed by atoms with Crippen molar-refractivity contribution in [2.75, 3.05) is 12.8 Å². The van der Waals surface area contributed by atoms with Crippen LogP contribution < -0.4 is 16.2 Å². The molecule has 0 saturated carbocycles. The highest BCUT2D eigenvalue weighted by molar-refractivity contribution is 5.52. The molecule has 1 aromatic carbocycles. The third-order valence-electron chi connectivity index (χ3n) is 2.00. The number of ether oxygens (including phenoxy) is 1. The first-order valence-electron chi connectivity index (χ1n) is 4.25. The van der Waals surface area contributed by atoms with Gasteiger partial charge in [0.1, 0.15) is 5.75 Å². The van der Waals surface area contributed by atoms with E-state index in [1.165, 1.54) is 0 Å². The summed E-state index contributed by atoms with van der Waals surface area (Å²) in [6.45, 7) is 0. The summed E-state index contributed by atoms with van der Waals surface area (Å²) in [5, 5.41) is 8.51. The molecule has 4 nitrogen and oxygen atoms in total. The first-order chi connectivity index (χ1) is 6.69. The van der Waals surface area contributed by atoms with Gasteiger partial charge in [0, 0.05) is 11.7 Å². The number of nitrogen functional groups attached to an aromatic ring is 1. The molecule has 0 aliphatic rings. The number of rotatable bonds is 3. The Hall–Kier alpha value is -1.73. The van der Waals surface area contributed by atoms with E-state index in [1.807, 2.05) is 6.07 Å². The topological polar surface area (TPSA) is 85.1 Å². The molecule has 1 aromatic rings. The smallest absolute Gasteiger partial charge is 0.119 e. The first kappa shape index (κ1) is 10.4. The van der Waals surface area contributed by atoms with Crippen molar-refractivity contribution in [3.8, 4) is 11.8 Å². The number of nitriles is 1. The lowest BCUT2D eigenvalue weighted by Gasteiger charge is -2.12. The molecule has 0 aromatic heterocycles. The predicted molar refractivity (Wildman–Crippen MR) is 54.6 cm³/mol. The minimum Gasteiger partial charge on any atom is -0.497 e. The van der Waals surface area contributed by atoms with Crippen molar-refractivity contribution in [1.82, 2.24) is 0 Å². The van der Waals surface area contributed by atoms with Gasteiger partial charge in [0.2, 0.25) is 0 Å². The molecule has 0 radical (unpaired) electrons. The first-order valence-corrected chi connectivity index (χ1v) is 4.25. The Morgan fingerprint density at radius 2 is 2.29 bits per heavy atom. The number of nitrogens with two attached hydrogens (primary N) is 2. The van der Waals surface area contributed by atoms with Gasteiger partial charge < -0.3 is 16.2 Å². The number of benzene rings is 1. The van der Waals surface area contributed by atoms with Gasteiger partial charge in [-0.1, -0.05) is 0 Å². The maximum atomic E-state index is 8.51. The molecule has 0 heterocycles. The van der Waals surface area contributed by atoms with E-state index < -0.39 is 0 Å². The van der Waals surface area contributed by atoms with Crippen LogP contribution in [0.5, 0.6) is 5.75 Å². The van der Waals surface area contributed by atoms with E-state index in [0.29, 0.717) is 11.4 Å². The molecular weight excluding hydrogens is 178 g/mol. The van der Waals surface area contributed by atoms with Crippen molar-refractivity contribution in [3.05, 3.63) is 23.8 Å². The zero-order chi connectivity index (χ0) is 10.6. The molecule has 14 heavy (non-hydrogen) atoms. The van der Waals surface area contributed by atoms with Crippen LogP contribution in [0.25, 0.3) is 0 Å². The Morgan fingerprint density at radius 3 is 2.86 bits per heavy atom. The summed E-state index contributed by atoms with van der Waals surface area (Å²) in [6, 6.07) is 6.91. The van der Waals surface area contributed by atoms with Gasteiger partial charge in [-0.25, -0.2) is 0 Å². The minimum absolute atomic E-state index is 0.247. The average molecular weight is 191 g/mol. The largest absolute Gasteiger partial charge is 0.497 e. The average Bonchev–Trinajstić information content (AvgIpc) is 2.19. The van der Waals surface area contributed by atoms with Crippen LogP contribution in [0.1, 0.15) is 18.0 Å². The van der Waals surface area contributed by atoms with Crippen LogP contribution in [-0.2, 0) is 0 Å². The molecule has 0 fully saturated rings. The quantitative estimate of drug-likeness (QED) is 0.703. The van der Waals surface area contributed by atoms with Gasteiger partial charge in [-0.15, -0.1) is 0 Å². The molecule has 1 rings (SSSR count). The van der Waals surface area contributed by atoms with Crippen molar-refractivity contribution in [2.45, 2.75) is 12.5 Å². The van der Waals surface area contributed by atoms with Crippen LogP contribution >= 0.6 is 0 Å². The van der Waals surface area contributed by atoms with Gasteiger partial charge in [-0.05, 0) is 23.8 Å². The standard InChI is InChI=1S/C10H13N3O/c1-14-7-2-3-9(12)8(6-7)10(13)4-5-11/h2-3,6,10H,4,12-13H2,1H3/t10-/m0/s1. The van der Waals surface area contributed by atoms with Crippen molar-refractivity contribution >= 4 is 5.69 Å². The maximum Gasteiger partial charge on any atom is 0.119 e. The Morgan fingerprint density at radius 1 is 1.57 bits per heavy atom. The lowest BCUT2D eigenvalue weighted by atomic mass is 10.0. The highest BCUT2D eigenvalue weighted by Gasteiger charge is 2.09. The number of anilines is 1. The van der Waals surface area contributed by atoms with Gasteiger partial charge >= 0.3 is 0 Å². The second-order valence-electron chi connectivity index (χ2n) is 2.96. The predicted octanol–water partition coefficient (Wildman–Crippen LogP) is 1.19. The summed E-state index contributed by atoms with van der Waals surface area (Å²) < 4.78 is 5.04. The molecule has 0 aliphatic carbocycles. The lowest BCUT2D eigenvalue weighted by molar-refractivity contribution is 0.414. The lowest BCUT2D eigenvalue weighted by Crippen LogP contribution is -2.11. The van der Waals surface area contributed by atoms with E-state index in [4.69, 9.17) is 21.5 Å². The minimum atomic E-state index is -0.352. The zero-order valence-electron chi connectivity index (χ0n) is 8.03. The summed E-state index contributed by atoms with van der Waals surface area (Å²) >= 11 is 0. The molecule has 4 N–H and O–H groups in total. The molecular formula is C10H13N3O. The summed E-state index contributed by atoms with van der Waals surface area (Å²) in [5.74, 6) is 0.697.